The van der Waals surface area contributed by atoms with Crippen molar-refractivity contribution in [2.75, 3.05) is 20.1 Å². The highest BCUT2D eigenvalue weighted by atomic mass is 19.4. The van der Waals surface area contributed by atoms with Gasteiger partial charge in [-0.25, -0.2) is 13.2 Å². The van der Waals surface area contributed by atoms with E-state index in [0.717, 1.165) is 12.1 Å². The number of nitrogens with zero attached hydrogens (tertiary/aromatic N) is 2. The van der Waals surface area contributed by atoms with Gasteiger partial charge in [0.1, 0.15) is 24.2 Å². The van der Waals surface area contributed by atoms with Gasteiger partial charge < -0.3 is 14.5 Å². The first kappa shape index (κ1) is 22.7. The van der Waals surface area contributed by atoms with Crippen molar-refractivity contribution < 1.29 is 44.8 Å². The third-order valence-electron chi connectivity index (χ3n) is 8.05. The Kier molecular flexibility index (Phi) is 5.33. The number of carbonyl (C=O) groups excluding carboxylic acids is 2. The van der Waals surface area contributed by atoms with Crippen molar-refractivity contribution in [1.82, 2.24) is 9.80 Å². The number of ether oxygens (including phenoxy) is 1. The van der Waals surface area contributed by atoms with Gasteiger partial charge in [0.15, 0.2) is 6.17 Å². The number of hydrogen-bond donors (Lipinski definition) is 0. The summed E-state index contributed by atoms with van der Waals surface area (Å²) in [4.78, 5) is 27.6. The monoisotopic (exact) mass is 543 g/mol. The zero-order chi connectivity index (χ0) is 30.1. The van der Waals surface area contributed by atoms with Crippen molar-refractivity contribution in [3.8, 4) is 5.75 Å². The lowest BCUT2D eigenvalue weighted by molar-refractivity contribution is -0.228. The van der Waals surface area contributed by atoms with Crippen LogP contribution in [0.2, 0.25) is 0 Å². The smallest absolute Gasteiger partial charge is 0.426 e. The molecule has 2 fully saturated rings. The number of amides is 2. The van der Waals surface area contributed by atoms with Gasteiger partial charge in [0, 0.05) is 40.6 Å². The van der Waals surface area contributed by atoms with E-state index in [2.05, 4.69) is 0 Å². The summed E-state index contributed by atoms with van der Waals surface area (Å²) in [6.07, 6.45) is -7.58. The molecule has 204 valence electrons. The molecule has 3 aliphatic rings. The Labute approximate surface area is 219 Å². The average Bonchev–Trinajstić information content (AvgIpc) is 3.41. The minimum atomic E-state index is -5.19. The van der Waals surface area contributed by atoms with Crippen LogP contribution in [0, 0.1) is 5.82 Å². The molecule has 0 aromatic heterocycles. The fourth-order valence-electron chi connectivity index (χ4n) is 5.82. The Balaban J connectivity index is 1.56. The summed E-state index contributed by atoms with van der Waals surface area (Å²) in [6, 6.07) is 6.45. The number of alkyl halides is 5. The van der Waals surface area contributed by atoms with Crippen LogP contribution < -0.4 is 4.74 Å². The molecule has 2 aromatic carbocycles. The molecule has 11 heteroatoms. The first-order valence-electron chi connectivity index (χ1n) is 13.5. The van der Waals surface area contributed by atoms with E-state index in [1.54, 1.807) is 0 Å². The van der Waals surface area contributed by atoms with Crippen LogP contribution >= 0.6 is 0 Å². The number of benzene rings is 2. The van der Waals surface area contributed by atoms with Gasteiger partial charge >= 0.3 is 6.18 Å². The molecule has 5 atom stereocenters. The van der Waals surface area contributed by atoms with Crippen LogP contribution in [-0.2, 0) is 27.1 Å². The second kappa shape index (κ2) is 8.91. The minimum absolute atomic E-state index is 0.00716. The van der Waals surface area contributed by atoms with Gasteiger partial charge in [0.2, 0.25) is 11.6 Å². The molecular formula is C27H26F6N2O3. The van der Waals surface area contributed by atoms with Crippen LogP contribution in [0.1, 0.15) is 40.6 Å². The lowest BCUT2D eigenvalue weighted by Crippen LogP contribution is -2.55. The van der Waals surface area contributed by atoms with E-state index in [9.17, 15) is 35.9 Å². The zero-order valence-electron chi connectivity index (χ0n) is 23.2. The first-order valence-corrected chi connectivity index (χ1v) is 12.0. The van der Waals surface area contributed by atoms with Crippen LogP contribution in [-0.4, -0.2) is 66.2 Å². The van der Waals surface area contributed by atoms with E-state index in [-0.39, 0.29) is 36.6 Å². The Hall–Kier alpha value is -3.24. The Morgan fingerprint density at radius 2 is 1.89 bits per heavy atom. The van der Waals surface area contributed by atoms with Crippen LogP contribution in [0.15, 0.2) is 42.5 Å². The summed E-state index contributed by atoms with van der Waals surface area (Å²) in [7, 11) is 0. The van der Waals surface area contributed by atoms with Crippen molar-refractivity contribution in [3.05, 3.63) is 65.0 Å². The number of likely N-dealkylation sites (N-methyl/N-ethyl adjacent to an activating group) is 1. The highest BCUT2D eigenvalue weighted by Crippen LogP contribution is 2.52. The van der Waals surface area contributed by atoms with E-state index in [1.807, 2.05) is 0 Å². The molecule has 2 aromatic rings. The van der Waals surface area contributed by atoms with Crippen LogP contribution in [0.4, 0.5) is 26.3 Å². The van der Waals surface area contributed by atoms with E-state index in [1.165, 1.54) is 35.2 Å². The van der Waals surface area contributed by atoms with E-state index < -0.39 is 72.1 Å². The van der Waals surface area contributed by atoms with Crippen molar-refractivity contribution in [1.29, 1.82) is 0 Å². The van der Waals surface area contributed by atoms with Gasteiger partial charge in [0.05, 0.1) is 6.04 Å². The maximum Gasteiger partial charge on any atom is 0.426 e. The molecule has 3 aliphatic heterocycles. The van der Waals surface area contributed by atoms with Crippen molar-refractivity contribution in [3.63, 3.8) is 0 Å². The molecular weight excluding hydrogens is 514 g/mol. The van der Waals surface area contributed by atoms with E-state index >= 15 is 0 Å². The second-order valence-electron chi connectivity index (χ2n) is 10.2. The first-order chi connectivity index (χ1) is 19.0. The van der Waals surface area contributed by atoms with Crippen molar-refractivity contribution in [2.24, 2.45) is 0 Å². The van der Waals surface area contributed by atoms with Crippen LogP contribution in [0.5, 0.6) is 5.75 Å². The molecule has 3 heterocycles. The SMILES string of the molecule is [2H]C([2H])([2H])N1C(=O)[C@@H](F)C[C@H]1C(=O)N1CCC2(Cc3ccc(F)cc3)c3ccc(C(C)(F)C(F)(F)F)cc3OCC12. The van der Waals surface area contributed by atoms with Gasteiger partial charge in [-0.15, -0.1) is 0 Å². The fourth-order valence-corrected chi connectivity index (χ4v) is 5.82. The normalized spacial score (nSPS) is 30.0. The maximum atomic E-state index is 14.8. The quantitative estimate of drug-likeness (QED) is 0.530. The van der Waals surface area contributed by atoms with E-state index in [4.69, 9.17) is 8.85 Å². The van der Waals surface area contributed by atoms with Gasteiger partial charge in [-0.05, 0) is 43.5 Å². The Morgan fingerprint density at radius 1 is 1.18 bits per heavy atom. The predicted octanol–water partition coefficient (Wildman–Crippen LogP) is 4.62. The molecule has 5 nitrogen and oxygen atoms in total. The van der Waals surface area contributed by atoms with Crippen LogP contribution in [0.25, 0.3) is 0 Å². The van der Waals surface area contributed by atoms with Gasteiger partial charge in [-0.3, -0.25) is 9.59 Å². The molecule has 0 radical (unpaired) electrons. The third kappa shape index (κ3) is 4.01. The van der Waals surface area contributed by atoms with Gasteiger partial charge in [-0.1, -0.05) is 24.3 Å². The average molecular weight is 544 g/mol. The summed E-state index contributed by atoms with van der Waals surface area (Å²) in [5, 5.41) is 0. The number of fused-ring (bicyclic) bond motifs is 3. The third-order valence-corrected chi connectivity index (χ3v) is 8.05. The molecule has 0 N–H and O–H groups in total. The lowest BCUT2D eigenvalue weighted by Gasteiger charge is -2.44. The zero-order valence-corrected chi connectivity index (χ0v) is 20.2. The number of hydrogen-bond acceptors (Lipinski definition) is 3. The number of rotatable bonds is 4. The second-order valence-corrected chi connectivity index (χ2v) is 10.2. The van der Waals surface area contributed by atoms with Crippen LogP contribution in [0.3, 0.4) is 0 Å². The highest BCUT2D eigenvalue weighted by molar-refractivity contribution is 5.93. The number of likely N-dealkylation sites (tertiary alicyclic amines) is 2. The summed E-state index contributed by atoms with van der Waals surface area (Å²) in [6.45, 7) is -2.87. The number of carbonyl (C=O) groups is 2. The molecule has 0 saturated carbocycles. The molecule has 3 unspecified atom stereocenters. The largest absolute Gasteiger partial charge is 0.491 e. The van der Waals surface area contributed by atoms with Crippen molar-refractivity contribution in [2.45, 2.75) is 61.7 Å². The minimum Gasteiger partial charge on any atom is -0.491 e. The topological polar surface area (TPSA) is 49.9 Å². The maximum absolute atomic E-state index is 14.8. The molecule has 0 spiro atoms. The lowest BCUT2D eigenvalue weighted by atomic mass is 9.68. The van der Waals surface area contributed by atoms with Gasteiger partial charge in [-0.2, -0.15) is 13.2 Å². The highest BCUT2D eigenvalue weighted by Gasteiger charge is 2.57. The molecule has 0 bridgehead atoms. The summed E-state index contributed by atoms with van der Waals surface area (Å²) in [5.74, 6) is -2.60. The van der Waals surface area contributed by atoms with Gasteiger partial charge in [0.25, 0.3) is 5.91 Å². The summed E-state index contributed by atoms with van der Waals surface area (Å²) >= 11 is 0. The standard InChI is InChI=1S/C27H26F6N2O3/c1-25(30,27(31,32)33)16-5-8-18-21(11-16)38-14-22-26(18,13-15-3-6-17(28)7-4-15)9-10-35(22)24(37)20-12-19(29)23(36)34(20)2/h3-8,11,19-20,22H,9-10,12-14H2,1-2H3/t19-,20-,22?,25?,26?/m0/s1/i2D3. The van der Waals surface area contributed by atoms with Crippen molar-refractivity contribution >= 4 is 11.8 Å². The predicted molar refractivity (Wildman–Crippen MR) is 124 cm³/mol. The summed E-state index contributed by atoms with van der Waals surface area (Å²) in [5.41, 5.74) is -4.31. The Bertz CT molecular complexity index is 1370. The molecule has 0 aliphatic carbocycles. The van der Waals surface area contributed by atoms with E-state index in [0.29, 0.717) is 18.1 Å². The molecule has 5 rings (SSSR count). The fraction of sp³-hybridized carbons (Fsp3) is 0.481. The summed E-state index contributed by atoms with van der Waals surface area (Å²) < 4.78 is 112. The molecule has 2 saturated heterocycles. The molecule has 38 heavy (non-hydrogen) atoms. The number of halogens is 6. The Morgan fingerprint density at radius 3 is 2.55 bits per heavy atom. The molecule has 2 amide bonds.